The van der Waals surface area contributed by atoms with Crippen LogP contribution in [0.3, 0.4) is 0 Å². The molecule has 0 heterocycles. The van der Waals surface area contributed by atoms with E-state index in [9.17, 15) is 4.79 Å². The van der Waals surface area contributed by atoms with Crippen molar-refractivity contribution in [3.05, 3.63) is 22.7 Å². The molecule has 102 valence electrons. The molecule has 1 aromatic rings. The van der Waals surface area contributed by atoms with E-state index in [1.807, 2.05) is 6.92 Å². The van der Waals surface area contributed by atoms with Gasteiger partial charge in [-0.2, -0.15) is 0 Å². The number of benzene rings is 1. The number of ether oxygens (including phenoxy) is 1. The summed E-state index contributed by atoms with van der Waals surface area (Å²) in [4.78, 5) is 11.6. The van der Waals surface area contributed by atoms with E-state index >= 15 is 0 Å². The van der Waals surface area contributed by atoms with Crippen LogP contribution in [0, 0.1) is 6.92 Å². The van der Waals surface area contributed by atoms with Crippen molar-refractivity contribution in [2.45, 2.75) is 13.3 Å². The van der Waals surface area contributed by atoms with Gasteiger partial charge >= 0.3 is 0 Å². The number of hydrogen-bond acceptors (Lipinski definition) is 3. The van der Waals surface area contributed by atoms with Crippen molar-refractivity contribution in [1.29, 1.82) is 0 Å². The molecular formula is C12H18Cl2N2O2. The minimum atomic E-state index is -0.0561. The van der Waals surface area contributed by atoms with Gasteiger partial charge in [0.05, 0.1) is 12.8 Å². The Morgan fingerprint density at radius 2 is 2.11 bits per heavy atom. The van der Waals surface area contributed by atoms with E-state index in [0.29, 0.717) is 29.4 Å². The van der Waals surface area contributed by atoms with Crippen LogP contribution in [0.5, 0.6) is 5.75 Å². The maximum atomic E-state index is 11.6. The molecule has 2 N–H and O–H groups in total. The lowest BCUT2D eigenvalue weighted by molar-refractivity contribution is -0.116. The molecule has 1 aromatic carbocycles. The molecule has 0 unspecified atom stereocenters. The maximum Gasteiger partial charge on any atom is 0.225 e. The smallest absolute Gasteiger partial charge is 0.225 e. The monoisotopic (exact) mass is 292 g/mol. The summed E-state index contributed by atoms with van der Waals surface area (Å²) in [6, 6.07) is 3.50. The number of nitrogens with one attached hydrogen (secondary N) is 2. The Morgan fingerprint density at radius 3 is 2.67 bits per heavy atom. The summed E-state index contributed by atoms with van der Waals surface area (Å²) in [5.74, 6) is 0.512. The molecule has 0 spiro atoms. The van der Waals surface area contributed by atoms with Crippen LogP contribution in [0.1, 0.15) is 12.0 Å². The van der Waals surface area contributed by atoms with Gasteiger partial charge in [0, 0.05) is 24.1 Å². The molecule has 0 bridgehead atoms. The van der Waals surface area contributed by atoms with Crippen LogP contribution < -0.4 is 15.4 Å². The summed E-state index contributed by atoms with van der Waals surface area (Å²) in [6.45, 7) is 2.52. The van der Waals surface area contributed by atoms with Gasteiger partial charge in [0.25, 0.3) is 0 Å². The Morgan fingerprint density at radius 1 is 1.44 bits per heavy atom. The fraction of sp³-hybridized carbons (Fsp3) is 0.417. The average Bonchev–Trinajstić information content (AvgIpc) is 2.31. The first-order valence-corrected chi connectivity index (χ1v) is 5.75. The summed E-state index contributed by atoms with van der Waals surface area (Å²) in [5, 5.41) is 6.34. The van der Waals surface area contributed by atoms with Crippen LogP contribution in [0.15, 0.2) is 12.1 Å². The van der Waals surface area contributed by atoms with Gasteiger partial charge in [-0.05, 0) is 25.6 Å². The lowest BCUT2D eigenvalue weighted by atomic mass is 10.2. The molecule has 6 heteroatoms. The molecule has 0 saturated heterocycles. The molecular weight excluding hydrogens is 275 g/mol. The minimum absolute atomic E-state index is 0. The highest BCUT2D eigenvalue weighted by Gasteiger charge is 2.09. The van der Waals surface area contributed by atoms with Crippen molar-refractivity contribution in [2.75, 3.05) is 26.0 Å². The molecule has 4 nitrogen and oxygen atoms in total. The minimum Gasteiger partial charge on any atom is -0.495 e. The molecule has 0 aliphatic heterocycles. The van der Waals surface area contributed by atoms with Crippen molar-refractivity contribution in [3.8, 4) is 5.75 Å². The summed E-state index contributed by atoms with van der Waals surface area (Å²) in [7, 11) is 3.35. The molecule has 0 aromatic heterocycles. The molecule has 0 radical (unpaired) electrons. The maximum absolute atomic E-state index is 11.6. The highest BCUT2D eigenvalue weighted by Crippen LogP contribution is 2.30. The predicted molar refractivity (Wildman–Crippen MR) is 77.2 cm³/mol. The normalized spacial score (nSPS) is 9.56. The zero-order chi connectivity index (χ0) is 12.8. The number of anilines is 1. The van der Waals surface area contributed by atoms with E-state index in [0.717, 1.165) is 5.56 Å². The van der Waals surface area contributed by atoms with Gasteiger partial charge in [0.1, 0.15) is 5.75 Å². The van der Waals surface area contributed by atoms with Crippen molar-refractivity contribution >= 4 is 35.6 Å². The molecule has 1 rings (SSSR count). The standard InChI is InChI=1S/C12H17ClN2O2.ClH/c1-8-6-10(11(17-3)7-9(8)13)15-12(16)4-5-14-2;/h6-7,14H,4-5H2,1-3H3,(H,15,16);1H. The second-order valence-corrected chi connectivity index (χ2v) is 4.11. The Hall–Kier alpha value is -0.970. The van der Waals surface area contributed by atoms with Gasteiger partial charge in [-0.15, -0.1) is 12.4 Å². The lowest BCUT2D eigenvalue weighted by Gasteiger charge is -2.12. The molecule has 0 aliphatic rings. The quantitative estimate of drug-likeness (QED) is 0.877. The van der Waals surface area contributed by atoms with Crippen LogP contribution in [-0.4, -0.2) is 26.6 Å². The number of carbonyl (C=O) groups is 1. The first-order valence-electron chi connectivity index (χ1n) is 5.37. The Balaban J connectivity index is 0.00000289. The molecule has 1 amide bonds. The molecule has 0 fully saturated rings. The Labute approximate surface area is 118 Å². The van der Waals surface area contributed by atoms with Gasteiger partial charge < -0.3 is 15.4 Å². The zero-order valence-corrected chi connectivity index (χ0v) is 12.2. The van der Waals surface area contributed by atoms with Gasteiger partial charge in [0.2, 0.25) is 5.91 Å². The summed E-state index contributed by atoms with van der Waals surface area (Å²) >= 11 is 5.98. The fourth-order valence-electron chi connectivity index (χ4n) is 1.38. The number of aryl methyl sites for hydroxylation is 1. The van der Waals surface area contributed by atoms with Crippen LogP contribution >= 0.6 is 24.0 Å². The molecule has 0 aliphatic carbocycles. The van der Waals surface area contributed by atoms with E-state index in [4.69, 9.17) is 16.3 Å². The summed E-state index contributed by atoms with van der Waals surface area (Å²) in [6.07, 6.45) is 0.418. The van der Waals surface area contributed by atoms with Crippen molar-refractivity contribution in [3.63, 3.8) is 0 Å². The highest BCUT2D eigenvalue weighted by atomic mass is 35.5. The fourth-order valence-corrected chi connectivity index (χ4v) is 1.53. The Bertz CT molecular complexity index is 411. The first-order chi connectivity index (χ1) is 8.08. The predicted octanol–water partition coefficient (Wildman–Crippen LogP) is 2.63. The number of halogens is 2. The summed E-state index contributed by atoms with van der Waals surface area (Å²) < 4.78 is 5.17. The second kappa shape index (κ2) is 8.19. The van der Waals surface area contributed by atoms with E-state index in [-0.39, 0.29) is 18.3 Å². The SMILES string of the molecule is CNCCC(=O)Nc1cc(C)c(Cl)cc1OC.Cl. The van der Waals surface area contributed by atoms with Crippen LogP contribution in [0.2, 0.25) is 5.02 Å². The highest BCUT2D eigenvalue weighted by molar-refractivity contribution is 6.31. The third-order valence-corrected chi connectivity index (χ3v) is 2.76. The molecule has 0 atom stereocenters. The zero-order valence-electron chi connectivity index (χ0n) is 10.7. The van der Waals surface area contributed by atoms with Crippen LogP contribution in [0.4, 0.5) is 5.69 Å². The Kier molecular flexibility index (Phi) is 7.75. The third kappa shape index (κ3) is 4.72. The molecule has 0 saturated carbocycles. The van der Waals surface area contributed by atoms with Gasteiger partial charge in [0.15, 0.2) is 0 Å². The van der Waals surface area contributed by atoms with E-state index < -0.39 is 0 Å². The largest absolute Gasteiger partial charge is 0.495 e. The van der Waals surface area contributed by atoms with Crippen molar-refractivity contribution in [2.24, 2.45) is 0 Å². The van der Waals surface area contributed by atoms with E-state index in [1.54, 1.807) is 26.3 Å². The lowest BCUT2D eigenvalue weighted by Crippen LogP contribution is -2.19. The third-order valence-electron chi connectivity index (χ3n) is 2.36. The van der Waals surface area contributed by atoms with Gasteiger partial charge in [-0.3, -0.25) is 4.79 Å². The number of hydrogen-bond donors (Lipinski definition) is 2. The number of amides is 1. The first kappa shape index (κ1) is 17.0. The van der Waals surface area contributed by atoms with E-state index in [1.165, 1.54) is 0 Å². The average molecular weight is 293 g/mol. The summed E-state index contributed by atoms with van der Waals surface area (Å²) in [5.41, 5.74) is 1.55. The molecule has 18 heavy (non-hydrogen) atoms. The number of methoxy groups -OCH3 is 1. The number of rotatable bonds is 5. The number of carbonyl (C=O) groups excluding carboxylic acids is 1. The van der Waals surface area contributed by atoms with Gasteiger partial charge in [-0.25, -0.2) is 0 Å². The van der Waals surface area contributed by atoms with E-state index in [2.05, 4.69) is 10.6 Å². The second-order valence-electron chi connectivity index (χ2n) is 3.70. The van der Waals surface area contributed by atoms with Gasteiger partial charge in [-0.1, -0.05) is 11.6 Å². The van der Waals surface area contributed by atoms with Crippen LogP contribution in [0.25, 0.3) is 0 Å². The van der Waals surface area contributed by atoms with Crippen molar-refractivity contribution in [1.82, 2.24) is 5.32 Å². The van der Waals surface area contributed by atoms with Crippen LogP contribution in [-0.2, 0) is 4.79 Å². The van der Waals surface area contributed by atoms with Crippen molar-refractivity contribution < 1.29 is 9.53 Å². The topological polar surface area (TPSA) is 50.4 Å².